The van der Waals surface area contributed by atoms with Gasteiger partial charge in [-0.15, -0.1) is 5.10 Å². The Morgan fingerprint density at radius 3 is 2.71 bits per heavy atom. The standard InChI is InChI=1S/C25H39FN8O4/c1-18(2)17-37-24(36)30-14-20-15-34(32-31-20)11-6-5-10-33(28)16-22(27)23(35)29-13-19-8-7-9-21(12-19)38-25(3,4)26/h7-9,12,15-16,18H,5-6,10-11,13-14,17,27-28H2,1-4H3,(H,29,35)(H,30,36)/b22-16-. The zero-order valence-electron chi connectivity index (χ0n) is 22.4. The number of benzene rings is 1. The predicted octanol–water partition coefficient (Wildman–Crippen LogP) is 2.32. The Morgan fingerprint density at radius 2 is 2.00 bits per heavy atom. The van der Waals surface area contributed by atoms with Crippen LogP contribution in [-0.4, -0.2) is 51.0 Å². The van der Waals surface area contributed by atoms with Crippen LogP contribution in [-0.2, 0) is 29.2 Å². The number of aryl methyl sites for hydroxylation is 1. The van der Waals surface area contributed by atoms with E-state index in [1.807, 2.05) is 13.8 Å². The third kappa shape index (κ3) is 12.4. The van der Waals surface area contributed by atoms with Crippen LogP contribution < -0.4 is 26.9 Å². The topological polar surface area (TPSA) is 163 Å². The number of hydrogen-bond donors (Lipinski definition) is 4. The molecule has 38 heavy (non-hydrogen) atoms. The molecule has 2 amide bonds. The summed E-state index contributed by atoms with van der Waals surface area (Å²) in [7, 11) is 0. The normalized spacial score (nSPS) is 11.8. The van der Waals surface area contributed by atoms with Gasteiger partial charge < -0.3 is 30.8 Å². The Kier molecular flexibility index (Phi) is 11.8. The number of aromatic nitrogens is 3. The summed E-state index contributed by atoms with van der Waals surface area (Å²) in [4.78, 5) is 23.9. The molecule has 0 aliphatic carbocycles. The molecule has 13 heteroatoms. The van der Waals surface area contributed by atoms with Crippen molar-refractivity contribution in [3.05, 3.63) is 53.6 Å². The number of nitrogens with two attached hydrogens (primary N) is 2. The molecule has 1 aromatic carbocycles. The molecule has 0 bridgehead atoms. The van der Waals surface area contributed by atoms with E-state index >= 15 is 0 Å². The van der Waals surface area contributed by atoms with Gasteiger partial charge in [-0.1, -0.05) is 31.2 Å². The quantitative estimate of drug-likeness (QED) is 0.116. The van der Waals surface area contributed by atoms with Gasteiger partial charge in [0.25, 0.3) is 5.91 Å². The highest BCUT2D eigenvalue weighted by Crippen LogP contribution is 2.20. The van der Waals surface area contributed by atoms with Gasteiger partial charge in [-0.25, -0.2) is 10.6 Å². The van der Waals surface area contributed by atoms with Crippen LogP contribution in [0.15, 0.2) is 42.4 Å². The number of hydrazine groups is 1. The van der Waals surface area contributed by atoms with Gasteiger partial charge in [0, 0.05) is 39.7 Å². The molecule has 2 aromatic rings. The third-order valence-electron chi connectivity index (χ3n) is 4.88. The Bertz CT molecular complexity index is 1070. The van der Waals surface area contributed by atoms with Crippen molar-refractivity contribution in [2.45, 2.75) is 66.0 Å². The first-order chi connectivity index (χ1) is 17.9. The third-order valence-corrected chi connectivity index (χ3v) is 4.88. The summed E-state index contributed by atoms with van der Waals surface area (Å²) >= 11 is 0. The molecule has 12 nitrogen and oxygen atoms in total. The highest BCUT2D eigenvalue weighted by atomic mass is 19.2. The van der Waals surface area contributed by atoms with Crippen LogP contribution in [0.2, 0.25) is 0 Å². The van der Waals surface area contributed by atoms with Crippen LogP contribution in [0.4, 0.5) is 9.18 Å². The molecule has 210 valence electrons. The van der Waals surface area contributed by atoms with Crippen LogP contribution in [0.25, 0.3) is 0 Å². The average Bonchev–Trinajstić information content (AvgIpc) is 3.29. The van der Waals surface area contributed by atoms with E-state index in [1.54, 1.807) is 35.1 Å². The van der Waals surface area contributed by atoms with E-state index in [1.165, 1.54) is 25.1 Å². The maximum atomic E-state index is 13.7. The molecule has 0 unspecified atom stereocenters. The molecule has 1 heterocycles. The zero-order chi connectivity index (χ0) is 28.1. The molecule has 0 fully saturated rings. The van der Waals surface area contributed by atoms with E-state index in [-0.39, 0.29) is 24.7 Å². The summed E-state index contributed by atoms with van der Waals surface area (Å²) in [5.41, 5.74) is 7.19. The molecule has 0 radical (unpaired) electrons. The maximum absolute atomic E-state index is 13.7. The number of carbonyl (C=O) groups is 2. The van der Waals surface area contributed by atoms with Crippen molar-refractivity contribution in [3.63, 3.8) is 0 Å². The van der Waals surface area contributed by atoms with Gasteiger partial charge in [0.1, 0.15) is 17.1 Å². The van der Waals surface area contributed by atoms with Crippen molar-refractivity contribution >= 4 is 12.0 Å². The minimum Gasteiger partial charge on any atom is -0.459 e. The first-order valence-electron chi connectivity index (χ1n) is 12.4. The fourth-order valence-electron chi connectivity index (χ4n) is 3.14. The van der Waals surface area contributed by atoms with Gasteiger partial charge in [0.05, 0.1) is 19.3 Å². The number of alkyl carbamates (subject to hydrolysis) is 1. The number of nitrogens with one attached hydrogen (secondary N) is 2. The summed E-state index contributed by atoms with van der Waals surface area (Å²) in [6.07, 6.45) is 4.12. The molecule has 0 aliphatic heterocycles. The molecule has 0 spiro atoms. The monoisotopic (exact) mass is 534 g/mol. The van der Waals surface area contributed by atoms with Crippen molar-refractivity contribution in [1.82, 2.24) is 30.6 Å². The number of amides is 2. The Balaban J connectivity index is 1.67. The number of halogens is 1. The number of unbranched alkanes of at least 4 members (excludes halogenated alkanes) is 1. The fourth-order valence-corrected chi connectivity index (χ4v) is 3.14. The molecular weight excluding hydrogens is 495 g/mol. The minimum absolute atomic E-state index is 0.0369. The van der Waals surface area contributed by atoms with Crippen LogP contribution in [0.5, 0.6) is 5.75 Å². The first kappa shape index (κ1) is 30.4. The number of rotatable bonds is 15. The zero-order valence-corrected chi connectivity index (χ0v) is 22.4. The maximum Gasteiger partial charge on any atom is 0.407 e. The van der Waals surface area contributed by atoms with E-state index < -0.39 is 17.9 Å². The van der Waals surface area contributed by atoms with E-state index in [9.17, 15) is 14.0 Å². The van der Waals surface area contributed by atoms with Crippen LogP contribution in [0, 0.1) is 5.92 Å². The Hall–Kier alpha value is -3.87. The lowest BCUT2D eigenvalue weighted by Crippen LogP contribution is -2.33. The molecule has 2 rings (SSSR count). The highest BCUT2D eigenvalue weighted by Gasteiger charge is 2.17. The first-order valence-corrected chi connectivity index (χ1v) is 12.4. The van der Waals surface area contributed by atoms with Crippen LogP contribution >= 0.6 is 0 Å². The Morgan fingerprint density at radius 1 is 1.24 bits per heavy atom. The van der Waals surface area contributed by atoms with E-state index in [2.05, 4.69) is 20.9 Å². The predicted molar refractivity (Wildman–Crippen MR) is 140 cm³/mol. The number of alkyl halides is 1. The molecule has 6 N–H and O–H groups in total. The number of hydrogen-bond acceptors (Lipinski definition) is 9. The fraction of sp³-hybridized carbons (Fsp3) is 0.520. The SMILES string of the molecule is CC(C)COC(=O)NCc1cn(CCCCN(N)/C=C(\N)C(=O)NCc2cccc(OC(C)(C)F)c2)nn1. The van der Waals surface area contributed by atoms with Gasteiger partial charge in [-0.3, -0.25) is 9.48 Å². The second-order valence-corrected chi connectivity index (χ2v) is 9.64. The lowest BCUT2D eigenvalue weighted by atomic mass is 10.2. The summed E-state index contributed by atoms with van der Waals surface area (Å²) < 4.78 is 25.6. The number of ether oxygens (including phenoxy) is 2. The highest BCUT2D eigenvalue weighted by molar-refractivity contribution is 5.92. The molecule has 0 aliphatic rings. The summed E-state index contributed by atoms with van der Waals surface area (Å²) in [5, 5.41) is 14.8. The van der Waals surface area contributed by atoms with E-state index in [4.69, 9.17) is 21.1 Å². The lowest BCUT2D eigenvalue weighted by Gasteiger charge is -2.17. The summed E-state index contributed by atoms with van der Waals surface area (Å²) in [5.74, 6) is 4.30. The molecule has 0 atom stereocenters. The van der Waals surface area contributed by atoms with Gasteiger partial charge in [0.15, 0.2) is 0 Å². The van der Waals surface area contributed by atoms with Crippen LogP contribution in [0.1, 0.15) is 51.8 Å². The minimum atomic E-state index is -1.81. The Labute approximate surface area is 222 Å². The van der Waals surface area contributed by atoms with Gasteiger partial charge >= 0.3 is 6.09 Å². The second-order valence-electron chi connectivity index (χ2n) is 9.64. The molecule has 0 saturated carbocycles. The molecule has 0 saturated heterocycles. The largest absolute Gasteiger partial charge is 0.459 e. The average molecular weight is 535 g/mol. The van der Waals surface area contributed by atoms with Gasteiger partial charge in [-0.05, 0) is 36.5 Å². The van der Waals surface area contributed by atoms with E-state index in [0.29, 0.717) is 37.6 Å². The second kappa shape index (κ2) is 14.8. The molecule has 1 aromatic heterocycles. The van der Waals surface area contributed by atoms with E-state index in [0.717, 1.165) is 12.0 Å². The number of carbonyl (C=O) groups excluding carboxylic acids is 2. The van der Waals surface area contributed by atoms with Crippen molar-refractivity contribution in [2.75, 3.05) is 13.2 Å². The lowest BCUT2D eigenvalue weighted by molar-refractivity contribution is -0.117. The van der Waals surface area contributed by atoms with Crippen molar-refractivity contribution in [1.29, 1.82) is 0 Å². The van der Waals surface area contributed by atoms with Crippen molar-refractivity contribution in [3.8, 4) is 5.75 Å². The summed E-state index contributed by atoms with van der Waals surface area (Å²) in [6.45, 7) is 8.40. The number of nitrogens with zero attached hydrogens (tertiary/aromatic N) is 4. The van der Waals surface area contributed by atoms with Crippen molar-refractivity contribution < 1.29 is 23.5 Å². The van der Waals surface area contributed by atoms with Crippen LogP contribution in [0.3, 0.4) is 0 Å². The van der Waals surface area contributed by atoms with Crippen molar-refractivity contribution in [2.24, 2.45) is 17.5 Å². The molecular formula is C25H39FN8O4. The van der Waals surface area contributed by atoms with Gasteiger partial charge in [-0.2, -0.15) is 4.39 Å². The smallest absolute Gasteiger partial charge is 0.407 e. The summed E-state index contributed by atoms with van der Waals surface area (Å²) in [6, 6.07) is 6.78. The van der Waals surface area contributed by atoms with Gasteiger partial charge in [0.2, 0.25) is 5.85 Å².